The summed E-state index contributed by atoms with van der Waals surface area (Å²) in [4.78, 5) is 60.5. The number of nitrogens with zero attached hydrogens (tertiary/aromatic N) is 10. The smallest absolute Gasteiger partial charge is 0.408 e. The average molecular weight is 2010 g/mol. The molecule has 714 valence electrons. The number of likely N-dealkylation sites (N-methyl/N-ethyl adjacent to an activating group) is 5. The molecule has 10 aliphatic heterocycles. The molecule has 0 saturated carbocycles. The van der Waals surface area contributed by atoms with Crippen LogP contribution < -0.4 is 0 Å². The summed E-state index contributed by atoms with van der Waals surface area (Å²) in [5.74, 6) is -3.63. The number of ether oxygens (including phenoxy) is 3. The van der Waals surface area contributed by atoms with E-state index in [1.165, 1.54) is 149 Å². The fourth-order valence-electron chi connectivity index (χ4n) is 19.5. The molecule has 10 heterocycles. The Balaban J connectivity index is 0.000000177. The van der Waals surface area contributed by atoms with Crippen LogP contribution in [0.25, 0.3) is 0 Å². The highest BCUT2D eigenvalue weighted by molar-refractivity contribution is 8.02. The van der Waals surface area contributed by atoms with E-state index in [-0.39, 0.29) is 40.4 Å². The Labute approximate surface area is 766 Å². The predicted molar refractivity (Wildman–Crippen MR) is 506 cm³/mol. The van der Waals surface area contributed by atoms with Crippen LogP contribution in [0.15, 0.2) is 121 Å². The van der Waals surface area contributed by atoms with E-state index in [0.717, 1.165) is 148 Å². The Morgan fingerprint density at radius 2 is 0.504 bits per heavy atom. The first-order valence-corrected chi connectivity index (χ1v) is 57.1. The van der Waals surface area contributed by atoms with Crippen molar-refractivity contribution in [3.8, 4) is 0 Å². The molecule has 0 radical (unpaired) electrons. The number of likely N-dealkylation sites (tertiary alicyclic amines) is 5. The van der Waals surface area contributed by atoms with Gasteiger partial charge < -0.3 is 34.2 Å². The third-order valence-electron chi connectivity index (χ3n) is 27.0. The topological polar surface area (TPSA) is 169 Å². The summed E-state index contributed by atoms with van der Waals surface area (Å²) in [6.45, 7) is 14.7. The number of alkyl halides is 12. The van der Waals surface area contributed by atoms with E-state index in [1.807, 2.05) is 35.8 Å². The first-order chi connectivity index (χ1) is 59.5. The van der Waals surface area contributed by atoms with Crippen molar-refractivity contribution in [1.82, 2.24) is 47.9 Å². The largest absolute Gasteiger partial charge is 0.454 e. The number of rotatable bonds is 21. The lowest BCUT2D eigenvalue weighted by Gasteiger charge is -2.56. The van der Waals surface area contributed by atoms with Crippen molar-refractivity contribution in [2.45, 2.75) is 229 Å². The van der Waals surface area contributed by atoms with Gasteiger partial charge in [-0.25, -0.2) is 0 Å². The Morgan fingerprint density at radius 1 is 0.323 bits per heavy atom. The molecular formula is C85H129ClF12N10O9P10. The van der Waals surface area contributed by atoms with Gasteiger partial charge in [0.15, 0.2) is 38.5 Å². The van der Waals surface area contributed by atoms with E-state index in [9.17, 15) is 82.1 Å². The molecule has 2 N–H and O–H groups in total. The molecule has 0 spiro atoms. The minimum atomic E-state index is -4.75. The molecule has 0 aromatic heterocycles. The van der Waals surface area contributed by atoms with Gasteiger partial charge in [-0.3, -0.25) is 57.2 Å². The molecular weight excluding hydrogens is 1880 g/mol. The van der Waals surface area contributed by atoms with Crippen LogP contribution in [0.1, 0.15) is 146 Å². The molecule has 4 aromatic rings. The van der Waals surface area contributed by atoms with E-state index in [2.05, 4.69) is 91.9 Å². The number of esters is 3. The zero-order valence-electron chi connectivity index (χ0n) is 73.7. The molecule has 127 heavy (non-hydrogen) atoms. The lowest BCUT2D eigenvalue weighted by atomic mass is 9.79. The fraction of sp³-hybridized carbons (Fsp3) is 0.671. The number of β-amino-alcohol motifs (C(OH)–C–C–N with tert-alkyl or cyclic N) is 2. The van der Waals surface area contributed by atoms with Crippen molar-refractivity contribution in [3.63, 3.8) is 0 Å². The Kier molecular flexibility index (Phi) is 39.2. The highest BCUT2D eigenvalue weighted by Gasteiger charge is 2.67. The Morgan fingerprint density at radius 3 is 0.677 bits per heavy atom. The lowest BCUT2D eigenvalue weighted by Crippen LogP contribution is -2.72. The second-order valence-corrected chi connectivity index (χ2v) is 44.7. The summed E-state index contributed by atoms with van der Waals surface area (Å²) in [5, 5.41) is 19.4. The molecule has 10 saturated heterocycles. The molecule has 19 nitrogen and oxygen atoms in total. The second kappa shape index (κ2) is 45.7. The molecule has 11 unspecified atom stereocenters. The zero-order chi connectivity index (χ0) is 93.8. The summed E-state index contributed by atoms with van der Waals surface area (Å²) in [6.07, 6.45) is -2.82. The van der Waals surface area contributed by atoms with Crippen molar-refractivity contribution in [1.29, 1.82) is 0 Å². The van der Waals surface area contributed by atoms with Crippen LogP contribution in [0.5, 0.6) is 0 Å². The lowest BCUT2D eigenvalue weighted by molar-refractivity contribution is -0.231. The molecule has 0 aliphatic carbocycles. The van der Waals surface area contributed by atoms with Crippen molar-refractivity contribution in [2.24, 2.45) is 0 Å². The van der Waals surface area contributed by atoms with Crippen LogP contribution in [-0.2, 0) is 55.0 Å². The van der Waals surface area contributed by atoms with Gasteiger partial charge in [0.05, 0.1) is 18.1 Å². The summed E-state index contributed by atoms with van der Waals surface area (Å²) >= 11 is 5.05. The standard InChI is InChI=1S/3C19H27F3N2O2P2.C10H8ClF3O.2C9H20N2OP2/c3*1-17(19(20,21)22,14-8-4-3-5-9-14)16(25)26-18(12-23(2)13-18)15-10-6-7-11-24(15)28-27;1-9(8(11)15,10(12,13)14)7-5-3-2-4-6-7;2*1-10-6-9(12,7-10)8-4-2-3-5-11(8)14-13/h3*3-5,8-9,15,28H,6-7,10-13,27H2,1-2H3;2-6H,1H3;2*8,12,14H,2-7,13H2,1H3/t15?,17-;15-,17+;15-,17-;9-;2*8-/m101110/s1. The number of hydrogen-bond acceptors (Lipinski definition) is 19. The first-order valence-electron chi connectivity index (χ1n) is 42.9. The Bertz CT molecular complexity index is 3840. The van der Waals surface area contributed by atoms with Gasteiger partial charge in [-0.1, -0.05) is 198 Å². The number of hydrogen-bond donors (Lipinski definition) is 2. The van der Waals surface area contributed by atoms with Gasteiger partial charge in [-0.15, -0.1) is 0 Å². The minimum Gasteiger partial charge on any atom is -0.454 e. The van der Waals surface area contributed by atoms with Crippen LogP contribution in [0.3, 0.4) is 0 Å². The minimum absolute atomic E-state index is 0.0505. The highest BCUT2D eigenvalue weighted by Crippen LogP contribution is 2.53. The number of piperidine rings is 5. The third kappa shape index (κ3) is 24.7. The SMILES string of the molecule is CN1CC(O)([C@@H]2CCCCN2PP)C1.CN1CC(O)([C@H]2CCCCN2PP)C1.CN1CC(OC(=O)[C@@](C)(c2ccccc2)C(F)(F)F)(C2CCCCN2PP)C1.CN1CC(OC(=O)[C@@](C)(c2ccccc2)C(F)(F)F)([C@@H]2CCCCN2PP)C1.CN1CC(OC(=O)[C@@](C)(c2ccccc2)C(F)(F)F)([C@H]2CCCCN2PP)C1.C[C@](C(=O)Cl)(c1ccccc1)C(F)(F)F. The van der Waals surface area contributed by atoms with E-state index in [4.69, 9.17) is 25.8 Å². The maximum atomic E-state index is 14.1. The van der Waals surface area contributed by atoms with E-state index in [0.29, 0.717) is 76.6 Å². The molecule has 19 atom stereocenters. The molecule has 42 heteroatoms. The Hall–Kier alpha value is -1.77. The summed E-state index contributed by atoms with van der Waals surface area (Å²) in [7, 11) is 26.4. The first kappa shape index (κ1) is 109. The average Bonchev–Trinajstić information content (AvgIpc) is 0.722. The highest BCUT2D eigenvalue weighted by atomic mass is 35.5. The summed E-state index contributed by atoms with van der Waals surface area (Å²) < 4.78 is 194. The molecule has 14 rings (SSSR count). The predicted octanol–water partition coefficient (Wildman–Crippen LogP) is 17.0. The molecule has 10 aliphatic rings. The van der Waals surface area contributed by atoms with Crippen LogP contribution in [0.4, 0.5) is 52.7 Å². The van der Waals surface area contributed by atoms with E-state index >= 15 is 0 Å². The quantitative estimate of drug-likeness (QED) is 0.0265. The second-order valence-electron chi connectivity index (χ2n) is 36.3. The number of halogens is 13. The number of carbonyl (C=O) groups is 4. The monoisotopic (exact) mass is 2010 g/mol. The number of carbonyl (C=O) groups excluding carboxylic acids is 4. The van der Waals surface area contributed by atoms with Crippen LogP contribution in [0.2, 0.25) is 0 Å². The molecule has 0 amide bonds. The van der Waals surface area contributed by atoms with Gasteiger partial charge >= 0.3 is 42.6 Å². The van der Waals surface area contributed by atoms with Gasteiger partial charge in [0.25, 0.3) is 0 Å². The zero-order valence-corrected chi connectivity index (χ0v) is 85.2. The van der Waals surface area contributed by atoms with Gasteiger partial charge in [0.1, 0.15) is 11.2 Å². The van der Waals surface area contributed by atoms with Gasteiger partial charge in [0, 0.05) is 110 Å². The maximum absolute atomic E-state index is 14.1. The van der Waals surface area contributed by atoms with Crippen molar-refractivity contribution >= 4 is 121 Å². The van der Waals surface area contributed by atoms with E-state index in [1.54, 1.807) is 24.3 Å². The van der Waals surface area contributed by atoms with Gasteiger partial charge in [-0.05, 0) is 203 Å². The maximum Gasteiger partial charge on any atom is 0.408 e. The van der Waals surface area contributed by atoms with Crippen LogP contribution in [0, 0.1) is 0 Å². The van der Waals surface area contributed by atoms with Crippen LogP contribution >= 0.6 is 98.3 Å². The fourth-order valence-corrected chi connectivity index (χ4v) is 28.6. The summed E-state index contributed by atoms with van der Waals surface area (Å²) in [6, 6.07) is 29.5. The molecule has 10 fully saturated rings. The van der Waals surface area contributed by atoms with E-state index < -0.39 is 97.5 Å². The van der Waals surface area contributed by atoms with Crippen LogP contribution in [-0.4, -0.2) is 298 Å². The van der Waals surface area contributed by atoms with Gasteiger partial charge in [-0.2, -0.15) is 52.7 Å². The van der Waals surface area contributed by atoms with Gasteiger partial charge in [0.2, 0.25) is 5.24 Å². The van der Waals surface area contributed by atoms with Crippen molar-refractivity contribution in [3.05, 3.63) is 144 Å². The number of aliphatic hydroxyl groups is 2. The molecule has 0 bridgehead atoms. The van der Waals surface area contributed by atoms with Crippen molar-refractivity contribution < 1.29 is 96.3 Å². The molecule has 4 aromatic carbocycles. The normalized spacial score (nSPS) is 26.8. The summed E-state index contributed by atoms with van der Waals surface area (Å²) in [5.41, 5.74) is -14.7. The van der Waals surface area contributed by atoms with Crippen molar-refractivity contribution in [2.75, 3.05) is 133 Å². The number of benzene rings is 4. The third-order valence-corrected chi connectivity index (χ3v) is 36.7.